The smallest absolute Gasteiger partial charge is 0.181 e. The van der Waals surface area contributed by atoms with Crippen LogP contribution >= 0.6 is 0 Å². The molecule has 7 rings (SSSR count). The van der Waals surface area contributed by atoms with Crippen molar-refractivity contribution in [3.05, 3.63) is 91.4 Å². The lowest BCUT2D eigenvalue weighted by molar-refractivity contribution is 0.357. The van der Waals surface area contributed by atoms with Gasteiger partial charge in [0.15, 0.2) is 5.65 Å². The van der Waals surface area contributed by atoms with Crippen LogP contribution in [0, 0.1) is 11.7 Å². The number of rotatable bonds is 7. The number of H-pyrrole nitrogens is 2. The normalized spacial score (nSPS) is 14.1. The number of nitrogens with one attached hydrogen (secondary N) is 3. The van der Waals surface area contributed by atoms with E-state index in [1.54, 1.807) is 18.3 Å². The fourth-order valence-electron chi connectivity index (χ4n) is 5.97. The second-order valence-electron chi connectivity index (χ2n) is 10.9. The van der Waals surface area contributed by atoms with Gasteiger partial charge >= 0.3 is 0 Å². The second kappa shape index (κ2) is 10.6. The van der Waals surface area contributed by atoms with Crippen molar-refractivity contribution in [1.29, 1.82) is 0 Å². The van der Waals surface area contributed by atoms with Crippen LogP contribution in [0.15, 0.2) is 85.6 Å². The molecule has 1 saturated carbocycles. The Morgan fingerprint density at radius 1 is 0.902 bits per heavy atom. The third-order valence-electron chi connectivity index (χ3n) is 8.02. The molecular weight excluding hydrogens is 513 g/mol. The lowest BCUT2D eigenvalue weighted by Crippen LogP contribution is -2.10. The number of pyridine rings is 3. The highest BCUT2D eigenvalue weighted by Gasteiger charge is 2.17. The molecule has 0 saturated heterocycles. The van der Waals surface area contributed by atoms with Gasteiger partial charge in [-0.2, -0.15) is 5.10 Å². The van der Waals surface area contributed by atoms with Crippen molar-refractivity contribution < 1.29 is 4.39 Å². The summed E-state index contributed by atoms with van der Waals surface area (Å²) in [6.07, 6.45) is 14.8. The van der Waals surface area contributed by atoms with Gasteiger partial charge in [0.25, 0.3) is 0 Å². The number of allylic oxidation sites excluding steroid dienone is 1. The van der Waals surface area contributed by atoms with Crippen molar-refractivity contribution in [2.24, 2.45) is 5.92 Å². The number of anilines is 1. The van der Waals surface area contributed by atoms with Crippen molar-refractivity contribution in [3.63, 3.8) is 0 Å². The van der Waals surface area contributed by atoms with Gasteiger partial charge in [-0.25, -0.2) is 14.4 Å². The first-order valence-corrected chi connectivity index (χ1v) is 14.1. The molecule has 7 nitrogen and oxygen atoms in total. The zero-order valence-corrected chi connectivity index (χ0v) is 22.6. The maximum atomic E-state index is 13.5. The van der Waals surface area contributed by atoms with E-state index >= 15 is 0 Å². The van der Waals surface area contributed by atoms with Crippen LogP contribution in [0.1, 0.15) is 38.5 Å². The number of fused-ring (bicyclic) bond motifs is 2. The summed E-state index contributed by atoms with van der Waals surface area (Å²) in [6, 6.07) is 14.7. The number of hydrogen-bond donors (Lipinski definition) is 3. The Balaban J connectivity index is 1.19. The fraction of sp³-hybridized carbons (Fsp3) is 0.212. The summed E-state index contributed by atoms with van der Waals surface area (Å²) in [5.74, 6) is 0.458. The van der Waals surface area contributed by atoms with Crippen LogP contribution in [0.25, 0.3) is 55.7 Å². The Morgan fingerprint density at radius 2 is 1.73 bits per heavy atom. The van der Waals surface area contributed by atoms with E-state index in [-0.39, 0.29) is 5.82 Å². The van der Waals surface area contributed by atoms with Crippen LogP contribution < -0.4 is 5.32 Å². The predicted molar refractivity (Wildman–Crippen MR) is 162 cm³/mol. The van der Waals surface area contributed by atoms with Crippen molar-refractivity contribution in [3.8, 4) is 33.6 Å². The maximum absolute atomic E-state index is 13.5. The van der Waals surface area contributed by atoms with Crippen LogP contribution in [0.5, 0.6) is 0 Å². The summed E-state index contributed by atoms with van der Waals surface area (Å²) < 4.78 is 13.5. The summed E-state index contributed by atoms with van der Waals surface area (Å²) in [6.45, 7) is 4.28. The van der Waals surface area contributed by atoms with E-state index in [1.807, 2.05) is 30.7 Å². The van der Waals surface area contributed by atoms with E-state index in [2.05, 4.69) is 54.2 Å². The Kier molecular flexibility index (Phi) is 6.51. The molecule has 8 heteroatoms. The lowest BCUT2D eigenvalue weighted by Gasteiger charge is -2.22. The fourth-order valence-corrected chi connectivity index (χ4v) is 5.97. The van der Waals surface area contributed by atoms with Gasteiger partial charge in [-0.15, -0.1) is 0 Å². The highest BCUT2D eigenvalue weighted by molar-refractivity contribution is 5.99. The molecule has 1 aromatic carbocycles. The molecule has 1 fully saturated rings. The largest absolute Gasteiger partial charge is 0.358 e. The van der Waals surface area contributed by atoms with Gasteiger partial charge in [0.1, 0.15) is 11.5 Å². The van der Waals surface area contributed by atoms with E-state index < -0.39 is 0 Å². The third kappa shape index (κ3) is 5.09. The quantitative estimate of drug-likeness (QED) is 0.188. The van der Waals surface area contributed by atoms with Gasteiger partial charge in [-0.3, -0.25) is 10.1 Å². The zero-order valence-electron chi connectivity index (χ0n) is 22.6. The van der Waals surface area contributed by atoms with Gasteiger partial charge in [0, 0.05) is 46.2 Å². The number of nitrogens with zero attached hydrogens (tertiary/aromatic N) is 4. The van der Waals surface area contributed by atoms with Crippen molar-refractivity contribution in [1.82, 2.24) is 30.1 Å². The van der Waals surface area contributed by atoms with Gasteiger partial charge in [-0.05, 0) is 59.9 Å². The van der Waals surface area contributed by atoms with E-state index in [0.717, 1.165) is 73.8 Å². The number of hydrogen-bond acceptors (Lipinski definition) is 5. The average molecular weight is 544 g/mol. The van der Waals surface area contributed by atoms with Crippen molar-refractivity contribution in [2.75, 3.05) is 5.32 Å². The van der Waals surface area contributed by atoms with E-state index in [1.165, 1.54) is 44.2 Å². The third-order valence-corrected chi connectivity index (χ3v) is 8.02. The minimum atomic E-state index is -0.262. The minimum Gasteiger partial charge on any atom is -0.358 e. The summed E-state index contributed by atoms with van der Waals surface area (Å²) in [4.78, 5) is 17.1. The Labute approximate surface area is 237 Å². The molecule has 204 valence electrons. The van der Waals surface area contributed by atoms with Gasteiger partial charge < -0.3 is 10.3 Å². The molecule has 0 atom stereocenters. The molecular formula is C33H30FN7. The topological polar surface area (TPSA) is 95.2 Å². The zero-order chi connectivity index (χ0) is 27.8. The van der Waals surface area contributed by atoms with Crippen LogP contribution in [-0.2, 0) is 0 Å². The molecule has 41 heavy (non-hydrogen) atoms. The molecule has 0 unspecified atom stereocenters. The highest BCUT2D eigenvalue weighted by atomic mass is 19.1. The Bertz CT molecular complexity index is 1860. The van der Waals surface area contributed by atoms with Crippen molar-refractivity contribution in [2.45, 2.75) is 38.5 Å². The lowest BCUT2D eigenvalue weighted by atomic mass is 9.86. The van der Waals surface area contributed by atoms with Crippen LogP contribution in [0.2, 0.25) is 0 Å². The number of halogens is 1. The average Bonchev–Trinajstić information content (AvgIpc) is 3.62. The summed E-state index contributed by atoms with van der Waals surface area (Å²) in [5.41, 5.74) is 8.78. The molecule has 0 bridgehead atoms. The van der Waals surface area contributed by atoms with E-state index in [0.29, 0.717) is 5.65 Å². The van der Waals surface area contributed by atoms with Gasteiger partial charge in [0.2, 0.25) is 0 Å². The van der Waals surface area contributed by atoms with E-state index in [9.17, 15) is 4.39 Å². The molecule has 0 amide bonds. The molecule has 6 aromatic rings. The molecule has 0 spiro atoms. The number of aromatic nitrogens is 6. The number of benzene rings is 1. The Morgan fingerprint density at radius 3 is 2.59 bits per heavy atom. The summed E-state index contributed by atoms with van der Waals surface area (Å²) in [5, 5.41) is 12.9. The molecule has 5 aromatic heterocycles. The van der Waals surface area contributed by atoms with Crippen LogP contribution in [0.4, 0.5) is 10.1 Å². The monoisotopic (exact) mass is 543 g/mol. The Hall–Kier alpha value is -4.85. The molecule has 1 aliphatic rings. The number of aromatic amines is 2. The SMILES string of the molecule is C=C(CC1CCCCC1)Nc1cncc(-c2cnc3n[nH]c(-c4cc5c(-c6ccc(F)cc6)ccnc5[nH]4)c3c2)c1. The highest BCUT2D eigenvalue weighted by Crippen LogP contribution is 2.35. The molecule has 1 aliphatic carbocycles. The van der Waals surface area contributed by atoms with E-state index in [4.69, 9.17) is 0 Å². The maximum Gasteiger partial charge on any atom is 0.181 e. The van der Waals surface area contributed by atoms with Crippen LogP contribution in [-0.4, -0.2) is 30.1 Å². The molecule has 0 aliphatic heterocycles. The van der Waals surface area contributed by atoms with Crippen LogP contribution in [0.3, 0.4) is 0 Å². The molecule has 0 radical (unpaired) electrons. The summed E-state index contributed by atoms with van der Waals surface area (Å²) in [7, 11) is 0. The molecule has 5 heterocycles. The van der Waals surface area contributed by atoms with Gasteiger partial charge in [0.05, 0.1) is 23.3 Å². The standard InChI is InChI=1S/C33H30FN7/c1-20(13-21-5-3-2-4-6-21)38-26-14-23(17-35-19-26)24-15-29-31(40-41-33(29)37-18-24)30-16-28-27(11-12-36-32(28)39-30)22-7-9-25(34)10-8-22/h7-12,14-19,21,38H,1-6,13H2,(H,36,39)(H,37,40,41). The first-order chi connectivity index (χ1) is 20.1. The summed E-state index contributed by atoms with van der Waals surface area (Å²) >= 11 is 0. The second-order valence-corrected chi connectivity index (χ2v) is 10.9. The van der Waals surface area contributed by atoms with Gasteiger partial charge in [-0.1, -0.05) is 50.8 Å². The predicted octanol–water partition coefficient (Wildman–Crippen LogP) is 8.27. The first kappa shape index (κ1) is 25.1. The molecule has 3 N–H and O–H groups in total. The first-order valence-electron chi connectivity index (χ1n) is 14.1. The van der Waals surface area contributed by atoms with Crippen molar-refractivity contribution >= 4 is 27.8 Å². The minimum absolute atomic E-state index is 0.262.